The zero-order valence-corrected chi connectivity index (χ0v) is 11.4. The molecule has 1 aromatic carbocycles. The molecule has 0 spiro atoms. The third kappa shape index (κ3) is 3.53. The molecule has 4 N–H and O–H groups in total. The number of carbonyl (C=O) groups excluding carboxylic acids is 1. The van der Waals surface area contributed by atoms with Crippen molar-refractivity contribution >= 4 is 17.4 Å². The van der Waals surface area contributed by atoms with Crippen LogP contribution in [0.2, 0.25) is 0 Å². The Bertz CT molecular complexity index is 664. The van der Waals surface area contributed by atoms with Gasteiger partial charge in [0.1, 0.15) is 18.1 Å². The second-order valence-corrected chi connectivity index (χ2v) is 4.22. The number of rotatable bonds is 5. The molecule has 1 aromatic heterocycles. The van der Waals surface area contributed by atoms with Gasteiger partial charge >= 0.3 is 0 Å². The van der Waals surface area contributed by atoms with Gasteiger partial charge in [0.25, 0.3) is 5.91 Å². The summed E-state index contributed by atoms with van der Waals surface area (Å²) in [6.45, 7) is 1.61. The highest BCUT2D eigenvalue weighted by atomic mass is 16.5. The fraction of sp³-hybridized carbons (Fsp3) is 0.143. The number of para-hydroxylation sites is 2. The average Bonchev–Trinajstić information content (AvgIpc) is 2.92. The van der Waals surface area contributed by atoms with E-state index in [-0.39, 0.29) is 18.3 Å². The molecule has 0 aliphatic rings. The van der Waals surface area contributed by atoms with Gasteiger partial charge < -0.3 is 25.4 Å². The van der Waals surface area contributed by atoms with Crippen molar-refractivity contribution in [3.8, 4) is 5.75 Å². The summed E-state index contributed by atoms with van der Waals surface area (Å²) < 4.78 is 10.5. The fourth-order valence-electron chi connectivity index (χ4n) is 1.69. The molecule has 0 aliphatic heterocycles. The minimum atomic E-state index is -0.305. The Morgan fingerprint density at radius 2 is 2.19 bits per heavy atom. The quantitative estimate of drug-likeness (QED) is 0.337. The number of nitrogens with two attached hydrogens (primary N) is 1. The van der Waals surface area contributed by atoms with Crippen molar-refractivity contribution in [2.45, 2.75) is 6.92 Å². The zero-order valence-electron chi connectivity index (χ0n) is 11.4. The van der Waals surface area contributed by atoms with Crippen LogP contribution in [-0.2, 0) is 0 Å². The molecule has 0 saturated heterocycles. The van der Waals surface area contributed by atoms with Crippen LogP contribution in [0.3, 0.4) is 0 Å². The van der Waals surface area contributed by atoms with Crippen LogP contribution in [0.4, 0.5) is 5.69 Å². The first-order valence-corrected chi connectivity index (χ1v) is 6.15. The number of nitrogens with one attached hydrogen (secondary N) is 1. The van der Waals surface area contributed by atoms with Crippen LogP contribution in [0, 0.1) is 6.92 Å². The maximum atomic E-state index is 12.1. The minimum absolute atomic E-state index is 0.0678. The second-order valence-electron chi connectivity index (χ2n) is 4.22. The van der Waals surface area contributed by atoms with E-state index in [2.05, 4.69) is 10.5 Å². The number of anilines is 1. The summed E-state index contributed by atoms with van der Waals surface area (Å²) in [4.78, 5) is 12.1. The van der Waals surface area contributed by atoms with E-state index in [0.29, 0.717) is 22.8 Å². The number of aryl methyl sites for hydroxylation is 1. The van der Waals surface area contributed by atoms with Crippen LogP contribution in [0.15, 0.2) is 46.2 Å². The van der Waals surface area contributed by atoms with Gasteiger partial charge in [0, 0.05) is 0 Å². The van der Waals surface area contributed by atoms with Crippen molar-refractivity contribution in [2.75, 3.05) is 11.9 Å². The van der Waals surface area contributed by atoms with Crippen molar-refractivity contribution in [3.05, 3.63) is 47.9 Å². The zero-order chi connectivity index (χ0) is 15.2. The number of ether oxygens (including phenoxy) is 1. The third-order valence-corrected chi connectivity index (χ3v) is 2.74. The first kappa shape index (κ1) is 14.4. The maximum absolute atomic E-state index is 12.1. The molecule has 0 aliphatic carbocycles. The molecule has 2 rings (SSSR count). The molecule has 0 radical (unpaired) electrons. The van der Waals surface area contributed by atoms with E-state index < -0.39 is 0 Å². The molecule has 0 unspecified atom stereocenters. The minimum Gasteiger partial charge on any atom is -0.483 e. The predicted octanol–water partition coefficient (Wildman–Crippen LogP) is 1.97. The molecular formula is C14H15N3O4. The van der Waals surface area contributed by atoms with Gasteiger partial charge in [0.05, 0.1) is 17.5 Å². The summed E-state index contributed by atoms with van der Waals surface area (Å²) >= 11 is 0. The monoisotopic (exact) mass is 289 g/mol. The normalized spacial score (nSPS) is 11.2. The summed E-state index contributed by atoms with van der Waals surface area (Å²) in [6, 6.07) is 8.45. The molecule has 1 amide bonds. The number of hydrogen-bond acceptors (Lipinski definition) is 5. The summed E-state index contributed by atoms with van der Waals surface area (Å²) in [6.07, 6.45) is 1.45. The number of amides is 1. The second kappa shape index (κ2) is 6.47. The summed E-state index contributed by atoms with van der Waals surface area (Å²) in [5, 5.41) is 14.0. The van der Waals surface area contributed by atoms with Gasteiger partial charge in [0.15, 0.2) is 5.84 Å². The van der Waals surface area contributed by atoms with E-state index in [4.69, 9.17) is 20.1 Å². The Balaban J connectivity index is 2.13. The molecule has 21 heavy (non-hydrogen) atoms. The highest BCUT2D eigenvalue weighted by molar-refractivity contribution is 6.05. The standard InChI is InChI=1S/C14H15N3O4/c1-9-10(6-7-20-9)14(18)16-11-4-2-3-5-12(11)21-8-13(15)17-19/h2-7,19H,8H2,1H3,(H2,15,17)(H,16,18). The summed E-state index contributed by atoms with van der Waals surface area (Å²) in [5.41, 5.74) is 6.27. The lowest BCUT2D eigenvalue weighted by atomic mass is 10.2. The van der Waals surface area contributed by atoms with Crippen LogP contribution < -0.4 is 15.8 Å². The first-order valence-electron chi connectivity index (χ1n) is 6.15. The fourth-order valence-corrected chi connectivity index (χ4v) is 1.69. The Morgan fingerprint density at radius 1 is 1.43 bits per heavy atom. The molecule has 7 nitrogen and oxygen atoms in total. The van der Waals surface area contributed by atoms with E-state index in [1.54, 1.807) is 37.3 Å². The number of carbonyl (C=O) groups is 1. The Hall–Kier alpha value is -2.96. The van der Waals surface area contributed by atoms with Crippen molar-refractivity contribution in [1.82, 2.24) is 0 Å². The largest absolute Gasteiger partial charge is 0.483 e. The van der Waals surface area contributed by atoms with E-state index in [1.807, 2.05) is 0 Å². The smallest absolute Gasteiger partial charge is 0.259 e. The Morgan fingerprint density at radius 3 is 2.86 bits per heavy atom. The van der Waals surface area contributed by atoms with Crippen LogP contribution in [0.5, 0.6) is 5.75 Å². The number of nitrogens with zero attached hydrogens (tertiary/aromatic N) is 1. The van der Waals surface area contributed by atoms with Gasteiger partial charge in [0.2, 0.25) is 0 Å². The molecule has 0 saturated carbocycles. The number of benzene rings is 1. The van der Waals surface area contributed by atoms with Crippen molar-refractivity contribution in [2.24, 2.45) is 10.9 Å². The molecular weight excluding hydrogens is 274 g/mol. The molecule has 0 bridgehead atoms. The highest BCUT2D eigenvalue weighted by Crippen LogP contribution is 2.24. The van der Waals surface area contributed by atoms with Gasteiger partial charge in [-0.05, 0) is 25.1 Å². The van der Waals surface area contributed by atoms with Crippen LogP contribution in [0.1, 0.15) is 16.1 Å². The van der Waals surface area contributed by atoms with E-state index in [1.165, 1.54) is 6.26 Å². The predicted molar refractivity (Wildman–Crippen MR) is 76.7 cm³/mol. The highest BCUT2D eigenvalue weighted by Gasteiger charge is 2.13. The number of hydrogen-bond donors (Lipinski definition) is 3. The lowest BCUT2D eigenvalue weighted by molar-refractivity contribution is 0.102. The average molecular weight is 289 g/mol. The molecule has 0 fully saturated rings. The summed E-state index contributed by atoms with van der Waals surface area (Å²) in [5.74, 6) is 0.573. The van der Waals surface area contributed by atoms with Gasteiger partial charge in [-0.25, -0.2) is 0 Å². The maximum Gasteiger partial charge on any atom is 0.259 e. The lowest BCUT2D eigenvalue weighted by Gasteiger charge is -2.11. The van der Waals surface area contributed by atoms with Gasteiger partial charge in [-0.1, -0.05) is 17.3 Å². The molecule has 110 valence electrons. The first-order chi connectivity index (χ1) is 10.1. The van der Waals surface area contributed by atoms with Crippen molar-refractivity contribution < 1.29 is 19.2 Å². The topological polar surface area (TPSA) is 110 Å². The van der Waals surface area contributed by atoms with Gasteiger partial charge in [-0.15, -0.1) is 0 Å². The third-order valence-electron chi connectivity index (χ3n) is 2.74. The van der Waals surface area contributed by atoms with Crippen molar-refractivity contribution in [1.29, 1.82) is 0 Å². The van der Waals surface area contributed by atoms with Crippen LogP contribution >= 0.6 is 0 Å². The van der Waals surface area contributed by atoms with E-state index in [0.717, 1.165) is 0 Å². The number of furan rings is 1. The van der Waals surface area contributed by atoms with E-state index in [9.17, 15) is 4.79 Å². The molecule has 7 heteroatoms. The number of oxime groups is 1. The Labute approximate surface area is 121 Å². The summed E-state index contributed by atoms with van der Waals surface area (Å²) in [7, 11) is 0. The van der Waals surface area contributed by atoms with Crippen LogP contribution in [-0.4, -0.2) is 23.6 Å². The van der Waals surface area contributed by atoms with Gasteiger partial charge in [-0.2, -0.15) is 0 Å². The van der Waals surface area contributed by atoms with Gasteiger partial charge in [-0.3, -0.25) is 4.79 Å². The molecule has 2 aromatic rings. The molecule has 0 atom stereocenters. The van der Waals surface area contributed by atoms with Crippen molar-refractivity contribution in [3.63, 3.8) is 0 Å². The molecule has 1 heterocycles. The van der Waals surface area contributed by atoms with E-state index >= 15 is 0 Å². The number of amidine groups is 1. The lowest BCUT2D eigenvalue weighted by Crippen LogP contribution is -2.21. The SMILES string of the molecule is Cc1occc1C(=O)Nc1ccccc1OC/C(N)=N/O. The Kier molecular flexibility index (Phi) is 4.45. The van der Waals surface area contributed by atoms with Crippen LogP contribution in [0.25, 0.3) is 0 Å².